The molecule has 8 aromatic carbocycles. The molecule has 3 N–H and O–H groups in total. The molecule has 0 spiro atoms. The summed E-state index contributed by atoms with van der Waals surface area (Å²) in [5, 5.41) is 18.6. The van der Waals surface area contributed by atoms with Crippen LogP contribution in [0.1, 0.15) is 35.2 Å². The van der Waals surface area contributed by atoms with Crippen molar-refractivity contribution in [2.24, 2.45) is 0 Å². The molecule has 1 aliphatic heterocycles. The largest absolute Gasteiger partial charge is 0.454 e. The molecule has 1 saturated heterocycles. The number of fused-ring (bicyclic) bond motifs is 11. The van der Waals surface area contributed by atoms with Gasteiger partial charge in [-0.1, -0.05) is 133 Å². The molecule has 12 rings (SSSR count). The fraction of sp³-hybridized carbons (Fsp3) is 0.0588. The molecule has 0 saturated carbocycles. The number of para-hydroxylation sites is 3. The molecule has 11 aromatic rings. The molecule has 3 aromatic heterocycles. The van der Waals surface area contributed by atoms with Crippen LogP contribution in [0.5, 0.6) is 0 Å². The number of benzene rings is 8. The Morgan fingerprint density at radius 1 is 0.351 bits per heavy atom. The van der Waals surface area contributed by atoms with Crippen molar-refractivity contribution in [2.75, 3.05) is 0 Å². The van der Waals surface area contributed by atoms with Gasteiger partial charge in [0.1, 0.15) is 5.58 Å². The van der Waals surface area contributed by atoms with Crippen molar-refractivity contribution in [1.82, 2.24) is 25.1 Å². The first kappa shape index (κ1) is 32.3. The summed E-state index contributed by atoms with van der Waals surface area (Å²) in [4.78, 5) is 0. The molecule has 272 valence electrons. The van der Waals surface area contributed by atoms with E-state index < -0.39 is 0 Å². The zero-order valence-electron chi connectivity index (χ0n) is 30.9. The second-order valence-corrected chi connectivity index (χ2v) is 15.0. The van der Waals surface area contributed by atoms with Gasteiger partial charge < -0.3 is 13.6 Å². The molecule has 1 fully saturated rings. The fourth-order valence-corrected chi connectivity index (χ4v) is 9.28. The Morgan fingerprint density at radius 3 is 1.51 bits per heavy atom. The van der Waals surface area contributed by atoms with Gasteiger partial charge in [0.05, 0.1) is 40.6 Å². The highest BCUT2D eigenvalue weighted by molar-refractivity contribution is 6.31. The van der Waals surface area contributed by atoms with Crippen molar-refractivity contribution < 1.29 is 4.42 Å². The lowest BCUT2D eigenvalue weighted by atomic mass is 10.0. The van der Waals surface area contributed by atoms with Crippen LogP contribution in [0.15, 0.2) is 192 Å². The van der Waals surface area contributed by atoms with Crippen molar-refractivity contribution in [3.8, 4) is 11.4 Å². The third-order valence-electron chi connectivity index (χ3n) is 11.8. The van der Waals surface area contributed by atoms with Crippen LogP contribution in [0.4, 0.5) is 0 Å². The molecule has 0 radical (unpaired) electrons. The van der Waals surface area contributed by atoms with Crippen LogP contribution in [-0.2, 0) is 0 Å². The van der Waals surface area contributed by atoms with E-state index in [0.29, 0.717) is 0 Å². The first-order valence-corrected chi connectivity index (χ1v) is 19.6. The maximum atomic E-state index is 6.81. The van der Waals surface area contributed by atoms with Gasteiger partial charge in [-0.2, -0.15) is 0 Å². The van der Waals surface area contributed by atoms with E-state index in [9.17, 15) is 0 Å². The molecule has 2 unspecified atom stereocenters. The summed E-state index contributed by atoms with van der Waals surface area (Å²) in [6, 6.07) is 67.2. The maximum Gasteiger partial charge on any atom is 0.160 e. The minimum atomic E-state index is -0.0975. The number of hydrogen-bond donors (Lipinski definition) is 3. The Balaban J connectivity index is 1.07. The fourth-order valence-electron chi connectivity index (χ4n) is 9.28. The number of furan rings is 1. The summed E-state index contributed by atoms with van der Waals surface area (Å²) in [7, 11) is 0. The predicted octanol–water partition coefficient (Wildman–Crippen LogP) is 12.0. The number of nitrogens with zero attached hydrogens (tertiary/aromatic N) is 2. The average molecular weight is 736 g/mol. The van der Waals surface area contributed by atoms with Crippen molar-refractivity contribution in [2.45, 2.75) is 18.5 Å². The van der Waals surface area contributed by atoms with Gasteiger partial charge in [-0.15, -0.1) is 0 Å². The Bertz CT molecular complexity index is 3230. The topological polar surface area (TPSA) is 59.1 Å². The van der Waals surface area contributed by atoms with Crippen molar-refractivity contribution in [3.63, 3.8) is 0 Å². The highest BCUT2D eigenvalue weighted by atomic mass is 16.3. The monoisotopic (exact) mass is 735 g/mol. The van der Waals surface area contributed by atoms with E-state index >= 15 is 0 Å². The zero-order valence-corrected chi connectivity index (χ0v) is 30.9. The molecule has 2 atom stereocenters. The summed E-state index contributed by atoms with van der Waals surface area (Å²) in [6.07, 6.45) is -0.178. The van der Waals surface area contributed by atoms with Crippen molar-refractivity contribution in [1.29, 1.82) is 0 Å². The van der Waals surface area contributed by atoms with Gasteiger partial charge in [0, 0.05) is 43.7 Å². The molecule has 4 heterocycles. The summed E-state index contributed by atoms with van der Waals surface area (Å²) < 4.78 is 11.6. The third kappa shape index (κ3) is 5.02. The van der Waals surface area contributed by atoms with Crippen LogP contribution in [0.25, 0.3) is 76.9 Å². The second-order valence-electron chi connectivity index (χ2n) is 15.0. The van der Waals surface area contributed by atoms with Gasteiger partial charge >= 0.3 is 0 Å². The summed E-state index contributed by atoms with van der Waals surface area (Å²) in [5.74, 6) is 0. The zero-order chi connectivity index (χ0) is 37.5. The number of aromatic nitrogens is 2. The van der Waals surface area contributed by atoms with Gasteiger partial charge in [-0.05, 0) is 71.3 Å². The maximum absolute atomic E-state index is 6.81. The Kier molecular flexibility index (Phi) is 7.25. The van der Waals surface area contributed by atoms with Gasteiger partial charge in [0.2, 0.25) is 0 Å². The van der Waals surface area contributed by atoms with Crippen LogP contribution in [0.2, 0.25) is 0 Å². The summed E-state index contributed by atoms with van der Waals surface area (Å²) in [6.45, 7) is 0. The minimum Gasteiger partial charge on any atom is -0.454 e. The lowest BCUT2D eigenvalue weighted by Gasteiger charge is -2.39. The normalized spacial score (nSPS) is 17.4. The molecule has 0 bridgehead atoms. The van der Waals surface area contributed by atoms with Crippen molar-refractivity contribution >= 4 is 65.6 Å². The molecule has 6 nitrogen and oxygen atoms in total. The quantitative estimate of drug-likeness (QED) is 0.165. The molecule has 0 aliphatic carbocycles. The molecular formula is C51H37N5O. The van der Waals surface area contributed by atoms with E-state index in [4.69, 9.17) is 4.42 Å². The number of nitrogens with one attached hydrogen (secondary N) is 3. The standard InChI is InChI=1S/C51H37N5O/c1-4-14-32(15-5-1)49-52-50(33-16-6-2-7-17-33)54-51(53-49)34-24-26-36(27-25-34)56-43-31-30-42-45(39-21-10-12-22-41(39)55(42)35-18-8-3-9-19-35)46(43)40-29-28-38-37-20-11-13-23-44(37)57-48(38)47(40)56/h1-31,49-54H. The summed E-state index contributed by atoms with van der Waals surface area (Å²) in [5.41, 5.74) is 12.1. The smallest absolute Gasteiger partial charge is 0.160 e. The first-order chi connectivity index (χ1) is 28.3. The van der Waals surface area contributed by atoms with Crippen LogP contribution in [0, 0.1) is 0 Å². The highest BCUT2D eigenvalue weighted by Crippen LogP contribution is 2.45. The van der Waals surface area contributed by atoms with E-state index in [1.807, 2.05) is 6.07 Å². The van der Waals surface area contributed by atoms with Gasteiger partial charge in [0.15, 0.2) is 5.58 Å². The first-order valence-electron chi connectivity index (χ1n) is 19.6. The van der Waals surface area contributed by atoms with Crippen molar-refractivity contribution in [3.05, 3.63) is 205 Å². The summed E-state index contributed by atoms with van der Waals surface area (Å²) >= 11 is 0. The minimum absolute atomic E-state index is 0.0403. The van der Waals surface area contributed by atoms with E-state index in [-0.39, 0.29) is 18.5 Å². The van der Waals surface area contributed by atoms with Gasteiger partial charge in [0.25, 0.3) is 0 Å². The van der Waals surface area contributed by atoms with E-state index in [0.717, 1.165) is 49.9 Å². The third-order valence-corrected chi connectivity index (χ3v) is 11.8. The molecule has 0 amide bonds. The predicted molar refractivity (Wildman–Crippen MR) is 233 cm³/mol. The van der Waals surface area contributed by atoms with E-state index in [2.05, 4.69) is 207 Å². The second kappa shape index (κ2) is 12.8. The Hall–Kier alpha value is -6.96. The van der Waals surface area contributed by atoms with Crippen LogP contribution >= 0.6 is 0 Å². The van der Waals surface area contributed by atoms with Crippen LogP contribution in [0.3, 0.4) is 0 Å². The lowest BCUT2D eigenvalue weighted by Crippen LogP contribution is -2.54. The molecule has 1 aliphatic rings. The lowest BCUT2D eigenvalue weighted by molar-refractivity contribution is 0.203. The molecule has 57 heavy (non-hydrogen) atoms. The Labute approximate surface area is 328 Å². The average Bonchev–Trinajstić information content (AvgIpc) is 3.95. The highest BCUT2D eigenvalue weighted by Gasteiger charge is 2.30. The van der Waals surface area contributed by atoms with E-state index in [1.165, 1.54) is 43.7 Å². The van der Waals surface area contributed by atoms with Crippen LogP contribution < -0.4 is 16.0 Å². The van der Waals surface area contributed by atoms with Gasteiger partial charge in [-0.25, -0.2) is 0 Å². The Morgan fingerprint density at radius 2 is 0.842 bits per heavy atom. The van der Waals surface area contributed by atoms with E-state index in [1.54, 1.807) is 0 Å². The molecule has 6 heteroatoms. The SMILES string of the molecule is c1ccc(C2NC(c3ccccc3)NC(c3ccc(-n4c5ccc6c(c7ccccc7n6-c6ccccc6)c5c5ccc6c7ccccc7oc6c54)cc3)N2)cc1. The van der Waals surface area contributed by atoms with Gasteiger partial charge in [-0.3, -0.25) is 16.0 Å². The molecular weight excluding hydrogens is 699 g/mol. The number of rotatable bonds is 5. The van der Waals surface area contributed by atoms with Crippen LogP contribution in [-0.4, -0.2) is 9.13 Å². The number of hydrogen-bond acceptors (Lipinski definition) is 4.